The van der Waals surface area contributed by atoms with E-state index in [1.807, 2.05) is 21.6 Å². The van der Waals surface area contributed by atoms with E-state index in [1.165, 1.54) is 0 Å². The van der Waals surface area contributed by atoms with Gasteiger partial charge in [0, 0.05) is 97.3 Å². The number of carbonyl (C=O) groups excluding carboxylic acids is 2. The summed E-state index contributed by atoms with van der Waals surface area (Å²) >= 11 is 0. The number of nitrogens with one attached hydrogen (secondary N) is 1. The number of benzene rings is 1. The summed E-state index contributed by atoms with van der Waals surface area (Å²) in [7, 11) is 0. The van der Waals surface area contributed by atoms with Crippen molar-refractivity contribution in [3.05, 3.63) is 53.6 Å². The lowest BCUT2D eigenvalue weighted by Crippen LogP contribution is -2.52. The van der Waals surface area contributed by atoms with E-state index in [2.05, 4.69) is 36.9 Å². The van der Waals surface area contributed by atoms with E-state index in [4.69, 9.17) is 47.1 Å². The van der Waals surface area contributed by atoms with Crippen molar-refractivity contribution >= 4 is 48.0 Å². The molecule has 25 heteroatoms. The Kier molecular flexibility index (Phi) is 20.5. The molecular formula is C42H62ClN17O7. The highest BCUT2D eigenvalue weighted by molar-refractivity contribution is 5.85. The number of aliphatic imine (C=N–C) groups is 1. The number of rotatable bonds is 25. The van der Waals surface area contributed by atoms with Gasteiger partial charge in [-0.05, 0) is 37.5 Å². The lowest BCUT2D eigenvalue weighted by Gasteiger charge is -2.38. The average molecular weight is 953 g/mol. The first-order valence-electron chi connectivity index (χ1n) is 22.1. The number of ether oxygens (including phenoxy) is 3. The Labute approximate surface area is 395 Å². The maximum absolute atomic E-state index is 14.2. The Bertz CT molecular complexity index is 2200. The molecule has 6 rings (SSSR count). The third-order valence-corrected chi connectivity index (χ3v) is 10.9. The van der Waals surface area contributed by atoms with E-state index in [9.17, 15) is 19.8 Å². The van der Waals surface area contributed by atoms with Crippen LogP contribution in [0.4, 0.5) is 17.8 Å². The summed E-state index contributed by atoms with van der Waals surface area (Å²) in [5.41, 5.74) is 13.0. The van der Waals surface area contributed by atoms with Crippen molar-refractivity contribution in [3.8, 4) is 18.1 Å². The van der Waals surface area contributed by atoms with Crippen LogP contribution in [0.3, 0.4) is 0 Å². The third kappa shape index (κ3) is 15.6. The van der Waals surface area contributed by atoms with Crippen LogP contribution < -0.4 is 26.6 Å². The molecule has 0 unspecified atom stereocenters. The zero-order chi connectivity index (χ0) is 46.7. The Hall–Kier alpha value is -6.39. The number of halogens is 1. The highest BCUT2D eigenvalue weighted by atomic mass is 35.5. The summed E-state index contributed by atoms with van der Waals surface area (Å²) in [6, 6.07) is 5.48. The maximum Gasteiger partial charge on any atom is 0.247 e. The smallest absolute Gasteiger partial charge is 0.247 e. The molecule has 0 radical (unpaired) electrons. The molecule has 0 spiro atoms. The minimum Gasteiger partial charge on any atom is -0.508 e. The van der Waals surface area contributed by atoms with E-state index in [1.54, 1.807) is 50.9 Å². The monoisotopic (exact) mass is 951 g/mol. The van der Waals surface area contributed by atoms with Crippen LogP contribution in [0.25, 0.3) is 0 Å². The van der Waals surface area contributed by atoms with Crippen LogP contribution in [-0.4, -0.2) is 194 Å². The van der Waals surface area contributed by atoms with Gasteiger partial charge in [-0.15, -0.1) is 29.0 Å². The number of amides is 2. The van der Waals surface area contributed by atoms with Crippen molar-refractivity contribution in [2.24, 2.45) is 16.5 Å². The Balaban J connectivity index is 0.00000840. The SMILES string of the molecule is C#CCOCCOCCOCCNc1nc(N2CCN(C(=O)[C@H](C)n3cc(CCCN=C(N)N)nn3)CC2)nc(N2CCN(C(=O)[C@H](Cc3ccc(O)cc3)n3cc(CCO)nn3)CC2)n1.Cl. The second-order valence-electron chi connectivity index (χ2n) is 15.6. The number of aromatic nitrogens is 9. The van der Waals surface area contributed by atoms with Gasteiger partial charge in [0.25, 0.3) is 0 Å². The number of nitrogens with zero attached hydrogens (tertiary/aromatic N) is 14. The van der Waals surface area contributed by atoms with Crippen LogP contribution in [0, 0.1) is 12.3 Å². The number of phenols is 1. The molecule has 1 aromatic carbocycles. The lowest BCUT2D eigenvalue weighted by atomic mass is 10.0. The summed E-state index contributed by atoms with van der Waals surface area (Å²) in [6.07, 6.45) is 10.6. The van der Waals surface area contributed by atoms with E-state index < -0.39 is 12.1 Å². The van der Waals surface area contributed by atoms with Gasteiger partial charge in [-0.3, -0.25) is 14.6 Å². The Morgan fingerprint density at radius 2 is 1.37 bits per heavy atom. The van der Waals surface area contributed by atoms with E-state index in [0.29, 0.717) is 148 Å². The largest absolute Gasteiger partial charge is 0.508 e. The molecule has 24 nitrogen and oxygen atoms in total. The Morgan fingerprint density at radius 3 is 1.99 bits per heavy atom. The molecule has 0 bridgehead atoms. The number of terminal acetylenes is 1. The number of aromatic hydroxyl groups is 1. The summed E-state index contributed by atoms with van der Waals surface area (Å²) in [5, 5.41) is 39.5. The summed E-state index contributed by atoms with van der Waals surface area (Å²) in [4.78, 5) is 54.1. The number of piperazine rings is 2. The molecule has 2 aliphatic rings. The fourth-order valence-corrected chi connectivity index (χ4v) is 7.29. The van der Waals surface area contributed by atoms with Crippen molar-refractivity contribution in [2.45, 2.75) is 44.7 Å². The number of hydrogen-bond donors (Lipinski definition) is 5. The number of hydrogen-bond acceptors (Lipinski definition) is 18. The number of aliphatic hydroxyl groups is 1. The minimum atomic E-state index is -0.697. The number of aliphatic hydroxyl groups excluding tert-OH is 1. The van der Waals surface area contributed by atoms with E-state index in [0.717, 1.165) is 11.3 Å². The molecule has 4 aromatic rings. The zero-order valence-corrected chi connectivity index (χ0v) is 38.6. The Morgan fingerprint density at radius 1 is 0.806 bits per heavy atom. The van der Waals surface area contributed by atoms with Crippen LogP contribution in [-0.2, 0) is 43.1 Å². The number of aryl methyl sites for hydroxylation is 1. The van der Waals surface area contributed by atoms with Gasteiger partial charge in [-0.2, -0.15) is 15.0 Å². The average Bonchev–Trinajstić information content (AvgIpc) is 4.01. The van der Waals surface area contributed by atoms with Crippen LogP contribution in [0.2, 0.25) is 0 Å². The standard InChI is InChI=1S/C42H61N17O7.ClH/c1-3-22-64-24-26-66-27-25-65-23-12-46-40-47-41(56-17-13-54(14-18-56)37(62)31(2)58-29-33(50-52-58)5-4-11-45-39(43)44)49-42(48-40)57-19-15-55(16-20-57)38(63)36(28-32-6-8-35(61)9-7-32)59-30-34(10-21-60)51-53-59;/h1,6-9,29-31,36,60-61H,4-5,10-28H2,2H3,(H4,43,44,45)(H,46,47,48,49);1H/t31-,36-;/m0./s1. The lowest BCUT2D eigenvalue weighted by molar-refractivity contribution is -0.136. The van der Waals surface area contributed by atoms with Gasteiger partial charge in [0.2, 0.25) is 29.7 Å². The summed E-state index contributed by atoms with van der Waals surface area (Å²) in [6.45, 7) is 8.41. The first-order chi connectivity index (χ1) is 32.1. The second-order valence-corrected chi connectivity index (χ2v) is 15.6. The normalized spacial score (nSPS) is 14.8. The van der Waals surface area contributed by atoms with Crippen molar-refractivity contribution < 1.29 is 34.0 Å². The summed E-state index contributed by atoms with van der Waals surface area (Å²) < 4.78 is 19.6. The van der Waals surface area contributed by atoms with E-state index in [-0.39, 0.29) is 49.1 Å². The van der Waals surface area contributed by atoms with Gasteiger partial charge in [-0.25, -0.2) is 9.36 Å². The quantitative estimate of drug-likeness (QED) is 0.0232. The first-order valence-corrected chi connectivity index (χ1v) is 22.1. The van der Waals surface area contributed by atoms with Crippen molar-refractivity contribution in [1.29, 1.82) is 0 Å². The summed E-state index contributed by atoms with van der Waals surface area (Å²) in [5.74, 6) is 3.67. The van der Waals surface area contributed by atoms with Crippen LogP contribution >= 0.6 is 12.4 Å². The van der Waals surface area contributed by atoms with Crippen molar-refractivity contribution in [3.63, 3.8) is 0 Å². The minimum absolute atomic E-state index is 0. The van der Waals surface area contributed by atoms with Crippen LogP contribution in [0.5, 0.6) is 5.75 Å². The molecule has 2 fully saturated rings. The molecular weight excluding hydrogens is 890 g/mol. The topological polar surface area (TPSA) is 292 Å². The molecule has 2 atom stereocenters. The molecule has 5 heterocycles. The highest BCUT2D eigenvalue weighted by Crippen LogP contribution is 2.24. The second kappa shape index (κ2) is 26.7. The van der Waals surface area contributed by atoms with Crippen molar-refractivity contribution in [2.75, 3.05) is 127 Å². The first kappa shape index (κ1) is 51.6. The molecule has 2 saturated heterocycles. The molecule has 364 valence electrons. The molecule has 7 N–H and O–H groups in total. The zero-order valence-electron chi connectivity index (χ0n) is 37.8. The maximum atomic E-state index is 14.2. The van der Waals surface area contributed by atoms with Gasteiger partial charge in [0.05, 0.1) is 44.4 Å². The predicted octanol–water partition coefficient (Wildman–Crippen LogP) is -0.940. The van der Waals surface area contributed by atoms with Crippen molar-refractivity contribution in [1.82, 2.24) is 54.7 Å². The molecule has 0 aliphatic carbocycles. The van der Waals surface area contributed by atoms with Gasteiger partial charge in [0.15, 0.2) is 5.96 Å². The fourth-order valence-electron chi connectivity index (χ4n) is 7.29. The number of carbonyl (C=O) groups is 2. The molecule has 67 heavy (non-hydrogen) atoms. The number of anilines is 3. The van der Waals surface area contributed by atoms with Gasteiger partial charge >= 0.3 is 0 Å². The van der Waals surface area contributed by atoms with Gasteiger partial charge in [-0.1, -0.05) is 28.5 Å². The van der Waals surface area contributed by atoms with E-state index >= 15 is 0 Å². The molecule has 0 saturated carbocycles. The fraction of sp³-hybridized carbons (Fsp3) is 0.571. The molecule has 2 aliphatic heterocycles. The highest BCUT2D eigenvalue weighted by Gasteiger charge is 2.32. The third-order valence-electron chi connectivity index (χ3n) is 10.9. The number of guanidine groups is 1. The number of nitrogens with two attached hydrogens (primary N) is 2. The molecule has 3 aromatic heterocycles. The predicted molar refractivity (Wildman–Crippen MR) is 250 cm³/mol. The van der Waals surface area contributed by atoms with Gasteiger partial charge in [0.1, 0.15) is 24.4 Å². The van der Waals surface area contributed by atoms with Crippen LogP contribution in [0.1, 0.15) is 42.4 Å². The van der Waals surface area contributed by atoms with Gasteiger partial charge < -0.3 is 60.8 Å². The molecule has 2 amide bonds. The number of phenolic OH excluding ortho intramolecular Hbond substituents is 1. The van der Waals surface area contributed by atoms with Crippen LogP contribution in [0.15, 0.2) is 41.7 Å².